The summed E-state index contributed by atoms with van der Waals surface area (Å²) in [5, 5.41) is 15.4. The molecule has 0 fully saturated rings. The van der Waals surface area contributed by atoms with Crippen molar-refractivity contribution in [1.29, 1.82) is 0 Å². The van der Waals surface area contributed by atoms with Crippen LogP contribution in [0.2, 0.25) is 5.02 Å². The molecule has 1 aromatic rings. The van der Waals surface area contributed by atoms with Gasteiger partial charge in [-0.05, 0) is 30.5 Å². The van der Waals surface area contributed by atoms with Gasteiger partial charge in [-0.25, -0.2) is 4.79 Å². The summed E-state index contributed by atoms with van der Waals surface area (Å²) in [5.41, 5.74) is 0.962. The molecule has 118 valence electrons. The van der Waals surface area contributed by atoms with Crippen molar-refractivity contribution in [1.82, 2.24) is 10.6 Å². The fourth-order valence-corrected chi connectivity index (χ4v) is 2.04. The lowest BCUT2D eigenvalue weighted by atomic mass is 10.0. The maximum Gasteiger partial charge on any atom is 0.315 e. The highest BCUT2D eigenvalue weighted by molar-refractivity contribution is 6.30. The highest BCUT2D eigenvalue weighted by atomic mass is 35.5. The molecule has 0 aliphatic rings. The van der Waals surface area contributed by atoms with E-state index in [1.54, 1.807) is 19.2 Å². The molecule has 0 saturated heterocycles. The molecular weight excluding hydrogens is 292 g/mol. The van der Waals surface area contributed by atoms with Crippen LogP contribution in [0.15, 0.2) is 24.3 Å². The Morgan fingerprint density at radius 1 is 1.33 bits per heavy atom. The lowest BCUT2D eigenvalue weighted by molar-refractivity contribution is 0.179. The summed E-state index contributed by atoms with van der Waals surface area (Å²) in [4.78, 5) is 12.0. The summed E-state index contributed by atoms with van der Waals surface area (Å²) in [6.07, 6.45) is 1.33. The molecule has 2 unspecified atom stereocenters. The minimum absolute atomic E-state index is 0.0758. The van der Waals surface area contributed by atoms with Crippen molar-refractivity contribution >= 4 is 17.6 Å². The van der Waals surface area contributed by atoms with E-state index in [0.717, 1.165) is 5.56 Å². The second-order valence-corrected chi connectivity index (χ2v) is 5.23. The van der Waals surface area contributed by atoms with Crippen molar-refractivity contribution in [3.8, 4) is 0 Å². The maximum atomic E-state index is 12.0. The molecular formula is C15H23ClN2O3. The minimum Gasteiger partial charge on any atom is -0.394 e. The Morgan fingerprint density at radius 2 is 2.00 bits per heavy atom. The molecule has 0 aliphatic heterocycles. The molecule has 3 N–H and O–H groups in total. The summed E-state index contributed by atoms with van der Waals surface area (Å²) in [7, 11) is 1.62. The summed E-state index contributed by atoms with van der Waals surface area (Å²) in [6, 6.07) is 6.64. The van der Waals surface area contributed by atoms with E-state index in [9.17, 15) is 4.79 Å². The molecule has 1 aromatic carbocycles. The van der Waals surface area contributed by atoms with Gasteiger partial charge < -0.3 is 20.5 Å². The molecule has 0 bridgehead atoms. The topological polar surface area (TPSA) is 70.6 Å². The van der Waals surface area contributed by atoms with Crippen LogP contribution in [0.3, 0.4) is 0 Å². The lowest BCUT2D eigenvalue weighted by Gasteiger charge is -2.21. The van der Waals surface area contributed by atoms with E-state index in [0.29, 0.717) is 24.5 Å². The highest BCUT2D eigenvalue weighted by Gasteiger charge is 2.16. The van der Waals surface area contributed by atoms with E-state index in [1.165, 1.54) is 0 Å². The molecule has 0 saturated carbocycles. The number of methoxy groups -OCH3 is 1. The normalized spacial score (nSPS) is 13.5. The molecule has 1 rings (SSSR count). The van der Waals surface area contributed by atoms with E-state index in [2.05, 4.69) is 10.6 Å². The fraction of sp³-hybridized carbons (Fsp3) is 0.533. The third kappa shape index (κ3) is 6.33. The first-order chi connectivity index (χ1) is 10.1. The Labute approximate surface area is 130 Å². The lowest BCUT2D eigenvalue weighted by Crippen LogP contribution is -2.44. The van der Waals surface area contributed by atoms with E-state index in [4.69, 9.17) is 21.4 Å². The Morgan fingerprint density at radius 3 is 2.52 bits per heavy atom. The summed E-state index contributed by atoms with van der Waals surface area (Å²) >= 11 is 5.88. The van der Waals surface area contributed by atoms with Crippen LogP contribution in [0.5, 0.6) is 0 Å². The number of aliphatic hydroxyl groups is 1. The molecule has 0 spiro atoms. The van der Waals surface area contributed by atoms with Crippen LogP contribution in [0.1, 0.15) is 31.4 Å². The van der Waals surface area contributed by atoms with Crippen molar-refractivity contribution in [2.45, 2.75) is 31.8 Å². The van der Waals surface area contributed by atoms with Crippen LogP contribution in [-0.2, 0) is 4.74 Å². The highest BCUT2D eigenvalue weighted by Crippen LogP contribution is 2.19. The van der Waals surface area contributed by atoms with Crippen LogP contribution in [-0.4, -0.2) is 37.5 Å². The molecule has 0 aromatic heterocycles. The molecule has 0 aliphatic carbocycles. The van der Waals surface area contributed by atoms with Crippen molar-refractivity contribution in [2.24, 2.45) is 0 Å². The molecule has 6 heteroatoms. The Kier molecular flexibility index (Phi) is 8.12. The zero-order valence-electron chi connectivity index (χ0n) is 12.4. The zero-order chi connectivity index (χ0) is 15.7. The van der Waals surface area contributed by atoms with Gasteiger partial charge in [0.1, 0.15) is 0 Å². The predicted molar refractivity (Wildman–Crippen MR) is 83.5 cm³/mol. The number of rotatable bonds is 8. The molecule has 5 nitrogen and oxygen atoms in total. The maximum absolute atomic E-state index is 12.0. The third-order valence-electron chi connectivity index (χ3n) is 3.24. The largest absolute Gasteiger partial charge is 0.394 e. The van der Waals surface area contributed by atoms with E-state index in [1.807, 2.05) is 19.1 Å². The molecule has 2 atom stereocenters. The summed E-state index contributed by atoms with van der Waals surface area (Å²) in [6.45, 7) is 2.36. The minimum atomic E-state index is -0.299. The van der Waals surface area contributed by atoms with Gasteiger partial charge in [-0.15, -0.1) is 0 Å². The third-order valence-corrected chi connectivity index (χ3v) is 3.49. The second kappa shape index (κ2) is 9.60. The number of nitrogens with one attached hydrogen (secondary N) is 2. The fourth-order valence-electron chi connectivity index (χ4n) is 1.92. The first-order valence-corrected chi connectivity index (χ1v) is 7.40. The van der Waals surface area contributed by atoms with Crippen LogP contribution in [0.25, 0.3) is 0 Å². The number of carbonyl (C=O) groups excluding carboxylic acids is 1. The van der Waals surface area contributed by atoms with Crippen molar-refractivity contribution in [3.63, 3.8) is 0 Å². The number of benzene rings is 1. The monoisotopic (exact) mass is 314 g/mol. The van der Waals surface area contributed by atoms with Gasteiger partial charge >= 0.3 is 6.03 Å². The summed E-state index contributed by atoms with van der Waals surface area (Å²) < 4.78 is 5.08. The average molecular weight is 315 g/mol. The Balaban J connectivity index is 2.69. The van der Waals surface area contributed by atoms with Crippen LogP contribution >= 0.6 is 11.6 Å². The van der Waals surface area contributed by atoms with Gasteiger partial charge in [0.2, 0.25) is 0 Å². The van der Waals surface area contributed by atoms with Gasteiger partial charge in [-0.2, -0.15) is 0 Å². The number of carbonyl (C=O) groups is 1. The van der Waals surface area contributed by atoms with Crippen molar-refractivity contribution < 1.29 is 14.6 Å². The van der Waals surface area contributed by atoms with Gasteiger partial charge in [-0.3, -0.25) is 0 Å². The second-order valence-electron chi connectivity index (χ2n) is 4.79. The van der Waals surface area contributed by atoms with E-state index in [-0.39, 0.29) is 24.7 Å². The number of hydrogen-bond donors (Lipinski definition) is 3. The number of amides is 2. The van der Waals surface area contributed by atoms with Crippen LogP contribution < -0.4 is 10.6 Å². The first kappa shape index (κ1) is 17.8. The van der Waals surface area contributed by atoms with Gasteiger partial charge in [0.05, 0.1) is 18.7 Å². The van der Waals surface area contributed by atoms with Gasteiger partial charge in [0.25, 0.3) is 0 Å². The number of ether oxygens (including phenoxy) is 1. The van der Waals surface area contributed by atoms with Crippen molar-refractivity contribution in [2.75, 3.05) is 20.3 Å². The average Bonchev–Trinajstić information content (AvgIpc) is 2.50. The van der Waals surface area contributed by atoms with E-state index >= 15 is 0 Å². The van der Waals surface area contributed by atoms with Crippen LogP contribution in [0, 0.1) is 0 Å². The predicted octanol–water partition coefficient (Wildman–Crippen LogP) is 2.49. The molecule has 0 radical (unpaired) electrons. The molecule has 2 amide bonds. The number of aliphatic hydroxyl groups excluding tert-OH is 1. The van der Waals surface area contributed by atoms with Crippen molar-refractivity contribution in [3.05, 3.63) is 34.9 Å². The summed E-state index contributed by atoms with van der Waals surface area (Å²) in [5.74, 6) is 0. The van der Waals surface area contributed by atoms with Gasteiger partial charge in [-0.1, -0.05) is 30.7 Å². The quantitative estimate of drug-likeness (QED) is 0.690. The number of halogens is 1. The van der Waals surface area contributed by atoms with Gasteiger partial charge in [0, 0.05) is 18.7 Å². The van der Waals surface area contributed by atoms with Crippen LogP contribution in [0.4, 0.5) is 4.79 Å². The first-order valence-electron chi connectivity index (χ1n) is 7.03. The zero-order valence-corrected chi connectivity index (χ0v) is 13.2. The molecule has 0 heterocycles. The smallest absolute Gasteiger partial charge is 0.315 e. The standard InChI is InChI=1S/C15H23ClN2O3/c1-3-13(10-19)17-15(20)18-14(8-9-21-2)11-4-6-12(16)7-5-11/h4-7,13-14,19H,3,8-10H2,1-2H3,(H2,17,18,20). The van der Waals surface area contributed by atoms with E-state index < -0.39 is 0 Å². The Bertz CT molecular complexity index is 421. The SMILES string of the molecule is CCC(CO)NC(=O)NC(CCOC)c1ccc(Cl)cc1. The van der Waals surface area contributed by atoms with Gasteiger partial charge in [0.15, 0.2) is 0 Å². The number of hydrogen-bond acceptors (Lipinski definition) is 3. The molecule has 21 heavy (non-hydrogen) atoms. The number of urea groups is 1. The Hall–Kier alpha value is -1.30.